The summed E-state index contributed by atoms with van der Waals surface area (Å²) < 4.78 is 0. The van der Waals surface area contributed by atoms with Crippen molar-refractivity contribution in [1.29, 1.82) is 0 Å². The molecule has 1 rings (SSSR count). The molecule has 0 spiro atoms. The Balaban J connectivity index is 2.51. The van der Waals surface area contributed by atoms with Crippen LogP contribution in [0.2, 0.25) is 0 Å². The minimum Gasteiger partial charge on any atom is -0.0836 e. The molecular formula is C8H8. The predicted molar refractivity (Wildman–Crippen MR) is 33.9 cm³/mol. The second kappa shape index (κ2) is 2.51. The molecule has 0 nitrogen and oxygen atoms in total. The Morgan fingerprint density at radius 3 is 3.00 bits per heavy atom. The first-order valence-corrected chi connectivity index (χ1v) is 2.73. The van der Waals surface area contributed by atoms with E-state index in [1.807, 2.05) is 12.2 Å². The van der Waals surface area contributed by atoms with E-state index in [-0.39, 0.29) is 0 Å². The average Bonchev–Trinajstić information content (AvgIpc) is 1.90. The molecular weight excluding hydrogens is 96.1 g/mol. The monoisotopic (exact) mass is 104 g/mol. The molecule has 0 saturated heterocycles. The quantitative estimate of drug-likeness (QED) is 0.476. The molecule has 0 aromatic heterocycles. The van der Waals surface area contributed by atoms with Gasteiger partial charge in [-0.1, -0.05) is 30.9 Å². The van der Waals surface area contributed by atoms with E-state index < -0.39 is 0 Å². The minimum absolute atomic E-state index is 0.347. The molecule has 0 bridgehead atoms. The molecule has 0 aromatic carbocycles. The number of rotatable bonds is 1. The summed E-state index contributed by atoms with van der Waals surface area (Å²) in [5, 5.41) is 0. The van der Waals surface area contributed by atoms with E-state index in [2.05, 4.69) is 12.2 Å². The van der Waals surface area contributed by atoms with Crippen molar-refractivity contribution in [3.8, 4) is 0 Å². The van der Waals surface area contributed by atoms with Crippen LogP contribution in [-0.4, -0.2) is 0 Å². The van der Waals surface area contributed by atoms with Crippen LogP contribution in [0.25, 0.3) is 0 Å². The van der Waals surface area contributed by atoms with Crippen molar-refractivity contribution >= 4 is 0 Å². The Kier molecular flexibility index (Phi) is 1.68. The van der Waals surface area contributed by atoms with E-state index in [0.717, 1.165) is 6.42 Å². The Hall–Kier alpha value is -0.780. The zero-order chi connectivity index (χ0) is 5.82. The Morgan fingerprint density at radius 1 is 1.75 bits per heavy atom. The Bertz CT molecular complexity index is 129. The summed E-state index contributed by atoms with van der Waals surface area (Å²) in [6.45, 7) is 5.26. The first kappa shape index (κ1) is 5.36. The van der Waals surface area contributed by atoms with Crippen LogP contribution >= 0.6 is 0 Å². The highest BCUT2D eigenvalue weighted by Gasteiger charge is 1.97. The molecule has 1 aliphatic rings. The summed E-state index contributed by atoms with van der Waals surface area (Å²) >= 11 is 0. The number of allylic oxidation sites excluding steroid dienone is 5. The third-order valence-electron chi connectivity index (χ3n) is 1.16. The highest BCUT2D eigenvalue weighted by atomic mass is 14.0. The van der Waals surface area contributed by atoms with Gasteiger partial charge >= 0.3 is 0 Å². The average molecular weight is 104 g/mol. The molecule has 0 heterocycles. The largest absolute Gasteiger partial charge is 0.0836 e. The van der Waals surface area contributed by atoms with E-state index in [0.29, 0.717) is 5.92 Å². The molecule has 0 amide bonds. The molecule has 40 valence electrons. The van der Waals surface area contributed by atoms with Crippen molar-refractivity contribution in [3.63, 3.8) is 0 Å². The van der Waals surface area contributed by atoms with Gasteiger partial charge in [-0.2, -0.15) is 0 Å². The van der Waals surface area contributed by atoms with Gasteiger partial charge in [-0.3, -0.25) is 0 Å². The van der Waals surface area contributed by atoms with Crippen LogP contribution in [0, 0.1) is 18.6 Å². The van der Waals surface area contributed by atoms with Gasteiger partial charge in [0.25, 0.3) is 0 Å². The highest BCUT2D eigenvalue weighted by molar-refractivity contribution is 5.09. The maximum atomic E-state index is 5.26. The van der Waals surface area contributed by atoms with E-state index in [9.17, 15) is 0 Å². The van der Waals surface area contributed by atoms with Gasteiger partial charge in [-0.05, 0) is 12.5 Å². The lowest BCUT2D eigenvalue weighted by Crippen LogP contribution is -1.91. The third kappa shape index (κ3) is 1.09. The predicted octanol–water partition coefficient (Wildman–Crippen LogP) is 1.91. The maximum absolute atomic E-state index is 5.26. The van der Waals surface area contributed by atoms with Crippen LogP contribution in [0.4, 0.5) is 0 Å². The van der Waals surface area contributed by atoms with Crippen LogP contribution < -0.4 is 0 Å². The van der Waals surface area contributed by atoms with Gasteiger partial charge in [0.15, 0.2) is 0 Å². The molecule has 0 N–H and O–H groups in total. The molecule has 8 heavy (non-hydrogen) atoms. The normalized spacial score (nSPS) is 25.8. The van der Waals surface area contributed by atoms with Crippen molar-refractivity contribution in [2.45, 2.75) is 6.42 Å². The van der Waals surface area contributed by atoms with Gasteiger partial charge in [0, 0.05) is 5.92 Å². The van der Waals surface area contributed by atoms with Gasteiger partial charge in [0.05, 0.1) is 0 Å². The highest BCUT2D eigenvalue weighted by Crippen LogP contribution is 2.09. The summed E-state index contributed by atoms with van der Waals surface area (Å²) in [6, 6.07) is 0. The summed E-state index contributed by atoms with van der Waals surface area (Å²) in [7, 11) is 0. The zero-order valence-electron chi connectivity index (χ0n) is 4.67. The van der Waals surface area contributed by atoms with Crippen molar-refractivity contribution < 1.29 is 0 Å². The molecule has 0 fully saturated rings. The Morgan fingerprint density at radius 2 is 2.62 bits per heavy atom. The van der Waals surface area contributed by atoms with Crippen LogP contribution in [0.5, 0.6) is 0 Å². The molecule has 0 saturated carbocycles. The summed E-state index contributed by atoms with van der Waals surface area (Å²) in [4.78, 5) is 0. The molecule has 2 radical (unpaired) electrons. The Labute approximate surface area is 50.2 Å². The van der Waals surface area contributed by atoms with Gasteiger partial charge in [-0.15, -0.1) is 0 Å². The van der Waals surface area contributed by atoms with Crippen LogP contribution in [0.15, 0.2) is 24.3 Å². The van der Waals surface area contributed by atoms with E-state index in [1.54, 1.807) is 6.08 Å². The fourth-order valence-corrected chi connectivity index (χ4v) is 0.675. The molecule has 0 aromatic rings. The van der Waals surface area contributed by atoms with Crippen molar-refractivity contribution in [3.05, 3.63) is 37.0 Å². The second-order valence-electron chi connectivity index (χ2n) is 1.80. The summed E-state index contributed by atoms with van der Waals surface area (Å²) in [6.07, 6.45) is 11.7. The molecule has 1 unspecified atom stereocenters. The fraction of sp³-hybridized carbons (Fsp3) is 0.250. The van der Waals surface area contributed by atoms with Crippen LogP contribution in [0.3, 0.4) is 0 Å². The van der Waals surface area contributed by atoms with Gasteiger partial charge in [-0.25, -0.2) is 0 Å². The van der Waals surface area contributed by atoms with Gasteiger partial charge in [0.2, 0.25) is 0 Å². The topological polar surface area (TPSA) is 0 Å². The maximum Gasteiger partial charge on any atom is 0.00586 e. The van der Waals surface area contributed by atoms with E-state index >= 15 is 0 Å². The SMILES string of the molecule is [CH]=CC1[C]=CC=CC1. The zero-order valence-corrected chi connectivity index (χ0v) is 4.67. The molecule has 0 heteroatoms. The number of hydrogen-bond donors (Lipinski definition) is 0. The minimum atomic E-state index is 0.347. The smallest absolute Gasteiger partial charge is 0.00586 e. The fourth-order valence-electron chi connectivity index (χ4n) is 0.675. The lowest BCUT2D eigenvalue weighted by molar-refractivity contribution is 0.799. The first-order valence-electron chi connectivity index (χ1n) is 2.73. The molecule has 1 aliphatic carbocycles. The lowest BCUT2D eigenvalue weighted by Gasteiger charge is -2.03. The van der Waals surface area contributed by atoms with E-state index in [1.165, 1.54) is 0 Å². The van der Waals surface area contributed by atoms with Crippen molar-refractivity contribution in [1.82, 2.24) is 0 Å². The summed E-state index contributed by atoms with van der Waals surface area (Å²) in [5.74, 6) is 0.347. The van der Waals surface area contributed by atoms with E-state index in [4.69, 9.17) is 6.58 Å². The van der Waals surface area contributed by atoms with Gasteiger partial charge in [0.1, 0.15) is 0 Å². The van der Waals surface area contributed by atoms with Crippen LogP contribution in [0.1, 0.15) is 6.42 Å². The molecule has 0 aliphatic heterocycles. The third-order valence-corrected chi connectivity index (χ3v) is 1.16. The molecule has 1 atom stereocenters. The van der Waals surface area contributed by atoms with Gasteiger partial charge < -0.3 is 0 Å². The standard InChI is InChI=1S/C8H8/c1-2-8-6-4-3-5-7-8/h1-5,8H,6H2. The first-order chi connectivity index (χ1) is 3.93. The van der Waals surface area contributed by atoms with Crippen molar-refractivity contribution in [2.75, 3.05) is 0 Å². The lowest BCUT2D eigenvalue weighted by atomic mass is 10.0. The van der Waals surface area contributed by atoms with Crippen molar-refractivity contribution in [2.24, 2.45) is 5.92 Å². The van der Waals surface area contributed by atoms with Crippen LogP contribution in [-0.2, 0) is 0 Å². The summed E-state index contributed by atoms with van der Waals surface area (Å²) in [5.41, 5.74) is 0. The number of hydrogen-bond acceptors (Lipinski definition) is 0. The second-order valence-corrected chi connectivity index (χ2v) is 1.80.